The predicted octanol–water partition coefficient (Wildman–Crippen LogP) is 4.18. The van der Waals surface area contributed by atoms with Crippen LogP contribution in [0.5, 0.6) is 0 Å². The van der Waals surface area contributed by atoms with Crippen molar-refractivity contribution in [3.05, 3.63) is 59.1 Å². The van der Waals surface area contributed by atoms with Crippen molar-refractivity contribution in [2.24, 2.45) is 11.8 Å². The lowest BCUT2D eigenvalue weighted by atomic mass is 9.88. The molecule has 0 unspecified atom stereocenters. The molecule has 4 rings (SSSR count). The normalized spacial score (nSPS) is 23.2. The van der Waals surface area contributed by atoms with Crippen molar-refractivity contribution in [3.8, 4) is 0 Å². The molecule has 0 aliphatic carbocycles. The fourth-order valence-electron chi connectivity index (χ4n) is 5.49. The summed E-state index contributed by atoms with van der Waals surface area (Å²) in [4.78, 5) is 34.8. The molecule has 2 N–H and O–H groups in total. The molecule has 3 atom stereocenters. The van der Waals surface area contributed by atoms with Crippen LogP contribution in [0, 0.1) is 17.7 Å². The summed E-state index contributed by atoms with van der Waals surface area (Å²) in [5, 5.41) is 7.14. The molecule has 37 heavy (non-hydrogen) atoms. The smallest absolute Gasteiger partial charge is 0.241 e. The number of aromatic nitrogens is 1. The Hall–Kier alpha value is -2.55. The summed E-state index contributed by atoms with van der Waals surface area (Å²) in [6.45, 7) is 10.5. The quantitative estimate of drug-likeness (QED) is 0.562. The molecular formula is C28H37ClFN5O2. The van der Waals surface area contributed by atoms with Crippen LogP contribution in [0.15, 0.2) is 42.6 Å². The van der Waals surface area contributed by atoms with Crippen LogP contribution in [-0.4, -0.2) is 59.5 Å². The van der Waals surface area contributed by atoms with Crippen LogP contribution in [0.2, 0.25) is 5.02 Å². The number of pyridine rings is 1. The van der Waals surface area contributed by atoms with Gasteiger partial charge in [-0.25, -0.2) is 4.39 Å². The molecule has 7 nitrogen and oxygen atoms in total. The van der Waals surface area contributed by atoms with Crippen molar-refractivity contribution >= 4 is 29.1 Å². The second kappa shape index (κ2) is 11.5. The summed E-state index contributed by atoms with van der Waals surface area (Å²) >= 11 is 6.39. The average Bonchev–Trinajstić information content (AvgIpc) is 2.85. The summed E-state index contributed by atoms with van der Waals surface area (Å²) < 4.78 is 13.4. The fraction of sp³-hybridized carbons (Fsp3) is 0.536. The lowest BCUT2D eigenvalue weighted by Crippen LogP contribution is -2.67. The van der Waals surface area contributed by atoms with E-state index in [-0.39, 0.29) is 41.9 Å². The monoisotopic (exact) mass is 529 g/mol. The SMILES string of the molecule is CC(C)C[C@@H](NC(=O)[C@@H]1CNC[C@H](N2CC(=O)N(c3ccccc3Cl)CC2(C)C)C1)c1ccc(F)cn1. The Labute approximate surface area is 223 Å². The Balaban J connectivity index is 1.45. The second-order valence-corrected chi connectivity index (χ2v) is 11.6. The van der Waals surface area contributed by atoms with Gasteiger partial charge in [0.1, 0.15) is 5.82 Å². The number of nitrogens with zero attached hydrogens (tertiary/aromatic N) is 3. The number of hydrogen-bond acceptors (Lipinski definition) is 5. The summed E-state index contributed by atoms with van der Waals surface area (Å²) in [5.41, 5.74) is 1.08. The van der Waals surface area contributed by atoms with Crippen LogP contribution in [0.3, 0.4) is 0 Å². The number of hydrogen-bond donors (Lipinski definition) is 2. The zero-order valence-corrected chi connectivity index (χ0v) is 22.8. The highest BCUT2D eigenvalue weighted by Crippen LogP contribution is 2.34. The molecule has 2 amide bonds. The molecule has 2 aliphatic rings. The highest BCUT2D eigenvalue weighted by Gasteiger charge is 2.44. The van der Waals surface area contributed by atoms with Crippen molar-refractivity contribution in [1.29, 1.82) is 0 Å². The molecule has 2 aliphatic heterocycles. The molecule has 2 aromatic rings. The van der Waals surface area contributed by atoms with Gasteiger partial charge in [-0.2, -0.15) is 0 Å². The maximum atomic E-state index is 13.4. The van der Waals surface area contributed by atoms with Gasteiger partial charge in [0.25, 0.3) is 0 Å². The third-order valence-electron chi connectivity index (χ3n) is 7.34. The number of anilines is 1. The van der Waals surface area contributed by atoms with E-state index in [0.717, 1.165) is 5.69 Å². The number of benzene rings is 1. The molecule has 0 radical (unpaired) electrons. The third-order valence-corrected chi connectivity index (χ3v) is 7.66. The van der Waals surface area contributed by atoms with E-state index >= 15 is 0 Å². The third kappa shape index (κ3) is 6.48. The Bertz CT molecular complexity index is 1110. The fourth-order valence-corrected chi connectivity index (χ4v) is 5.73. The molecule has 1 aromatic heterocycles. The van der Waals surface area contributed by atoms with Gasteiger partial charge in [0.2, 0.25) is 11.8 Å². The minimum Gasteiger partial charge on any atom is -0.347 e. The van der Waals surface area contributed by atoms with Gasteiger partial charge in [-0.1, -0.05) is 37.6 Å². The molecular weight excluding hydrogens is 493 g/mol. The van der Waals surface area contributed by atoms with E-state index < -0.39 is 5.82 Å². The van der Waals surface area contributed by atoms with E-state index in [1.807, 2.05) is 18.2 Å². The summed E-state index contributed by atoms with van der Waals surface area (Å²) in [5.74, 6) is -0.368. The Morgan fingerprint density at radius 3 is 2.68 bits per heavy atom. The van der Waals surface area contributed by atoms with Crippen molar-refractivity contribution in [1.82, 2.24) is 20.5 Å². The number of piperazine rings is 1. The lowest BCUT2D eigenvalue weighted by molar-refractivity contribution is -0.129. The topological polar surface area (TPSA) is 77.6 Å². The van der Waals surface area contributed by atoms with E-state index in [4.69, 9.17) is 11.6 Å². The number of carbonyl (C=O) groups is 2. The zero-order valence-electron chi connectivity index (χ0n) is 22.0. The number of rotatable bonds is 7. The lowest BCUT2D eigenvalue weighted by Gasteiger charge is -2.51. The molecule has 9 heteroatoms. The first-order valence-electron chi connectivity index (χ1n) is 13.0. The molecule has 3 heterocycles. The first kappa shape index (κ1) is 27.5. The van der Waals surface area contributed by atoms with Gasteiger partial charge < -0.3 is 15.5 Å². The summed E-state index contributed by atoms with van der Waals surface area (Å²) in [6, 6.07) is 10.2. The Kier molecular flexibility index (Phi) is 8.51. The largest absolute Gasteiger partial charge is 0.347 e. The number of carbonyl (C=O) groups excluding carboxylic acids is 2. The van der Waals surface area contributed by atoms with E-state index in [1.165, 1.54) is 12.3 Å². The number of halogens is 2. The number of nitrogens with one attached hydrogen (secondary N) is 2. The van der Waals surface area contributed by atoms with E-state index in [9.17, 15) is 14.0 Å². The van der Waals surface area contributed by atoms with Gasteiger partial charge in [0.15, 0.2) is 0 Å². The van der Waals surface area contributed by atoms with E-state index in [1.54, 1.807) is 17.0 Å². The van der Waals surface area contributed by atoms with Gasteiger partial charge in [0.05, 0.1) is 41.1 Å². The highest BCUT2D eigenvalue weighted by atomic mass is 35.5. The molecule has 0 saturated carbocycles. The molecule has 2 fully saturated rings. The molecule has 2 saturated heterocycles. The van der Waals surface area contributed by atoms with Crippen LogP contribution in [0.25, 0.3) is 0 Å². The Morgan fingerprint density at radius 2 is 2.00 bits per heavy atom. The standard InChI is InChI=1S/C28H37ClFN5O2/c1-18(2)11-24(23-10-9-20(30)14-32-23)33-27(37)19-12-21(15-31-13-19)35-16-26(36)34(17-28(35,3)4)25-8-6-5-7-22(25)29/h5-10,14,18-19,21,24,31H,11-13,15-17H2,1-4H3,(H,33,37)/t19-,21+,24+/m0/s1. The minimum atomic E-state index is -0.399. The van der Waals surface area contributed by atoms with Gasteiger partial charge in [0, 0.05) is 31.2 Å². The van der Waals surface area contributed by atoms with Crippen LogP contribution < -0.4 is 15.5 Å². The summed E-state index contributed by atoms with van der Waals surface area (Å²) in [7, 11) is 0. The van der Waals surface area contributed by atoms with Crippen LogP contribution in [-0.2, 0) is 9.59 Å². The first-order chi connectivity index (χ1) is 17.5. The molecule has 1 aromatic carbocycles. The molecule has 200 valence electrons. The summed E-state index contributed by atoms with van der Waals surface area (Å²) in [6.07, 6.45) is 2.54. The van der Waals surface area contributed by atoms with Crippen LogP contribution in [0.1, 0.15) is 52.3 Å². The van der Waals surface area contributed by atoms with Gasteiger partial charge in [-0.05, 0) is 56.9 Å². The number of para-hydroxylation sites is 1. The van der Waals surface area contributed by atoms with Crippen molar-refractivity contribution in [2.45, 2.75) is 58.2 Å². The number of piperidine rings is 1. The molecule has 0 spiro atoms. The van der Waals surface area contributed by atoms with E-state index in [0.29, 0.717) is 49.1 Å². The van der Waals surface area contributed by atoms with E-state index in [2.05, 4.69) is 48.2 Å². The zero-order chi connectivity index (χ0) is 26.7. The second-order valence-electron chi connectivity index (χ2n) is 11.2. The van der Waals surface area contributed by atoms with Gasteiger partial charge >= 0.3 is 0 Å². The van der Waals surface area contributed by atoms with Crippen molar-refractivity contribution in [2.75, 3.05) is 31.1 Å². The minimum absolute atomic E-state index is 0.00150. The van der Waals surface area contributed by atoms with Crippen LogP contribution >= 0.6 is 11.6 Å². The predicted molar refractivity (Wildman–Crippen MR) is 144 cm³/mol. The van der Waals surface area contributed by atoms with Crippen molar-refractivity contribution in [3.63, 3.8) is 0 Å². The van der Waals surface area contributed by atoms with Crippen LogP contribution in [0.4, 0.5) is 10.1 Å². The molecule has 0 bridgehead atoms. The van der Waals surface area contributed by atoms with Gasteiger partial charge in [-0.15, -0.1) is 0 Å². The maximum Gasteiger partial charge on any atom is 0.241 e. The highest BCUT2D eigenvalue weighted by molar-refractivity contribution is 6.33. The van der Waals surface area contributed by atoms with Crippen molar-refractivity contribution < 1.29 is 14.0 Å². The maximum absolute atomic E-state index is 13.4. The first-order valence-corrected chi connectivity index (χ1v) is 13.4. The van der Waals surface area contributed by atoms with Gasteiger partial charge in [-0.3, -0.25) is 19.5 Å². The average molecular weight is 530 g/mol. The number of amides is 2. The Morgan fingerprint density at radius 1 is 1.24 bits per heavy atom.